The third kappa shape index (κ3) is 5.49. The van der Waals surface area contributed by atoms with Crippen LogP contribution >= 0.6 is 0 Å². The van der Waals surface area contributed by atoms with Crippen LogP contribution in [0.2, 0.25) is 0 Å². The number of benzene rings is 2. The Hall–Kier alpha value is -4.07. The number of rotatable bonds is 10. The molecular formula is C40H44FNO10. The molecule has 1 aliphatic heterocycles. The normalized spacial score (nSPS) is 36.5. The van der Waals surface area contributed by atoms with Crippen molar-refractivity contribution in [3.63, 3.8) is 0 Å². The molecule has 52 heavy (non-hydrogen) atoms. The van der Waals surface area contributed by atoms with Crippen LogP contribution in [0, 0.1) is 22.7 Å². The van der Waals surface area contributed by atoms with Gasteiger partial charge in [-0.05, 0) is 73.8 Å². The third-order valence-corrected chi connectivity index (χ3v) is 12.7. The van der Waals surface area contributed by atoms with Crippen molar-refractivity contribution >= 4 is 23.5 Å². The number of carbonyl (C=O) groups excluding carboxylic acids is 3. The van der Waals surface area contributed by atoms with Crippen molar-refractivity contribution in [1.82, 2.24) is 0 Å². The Kier molecular flexibility index (Phi) is 9.14. The summed E-state index contributed by atoms with van der Waals surface area (Å²) in [5, 5.41) is 30.3. The predicted molar refractivity (Wildman–Crippen MR) is 183 cm³/mol. The van der Waals surface area contributed by atoms with Crippen molar-refractivity contribution in [1.29, 1.82) is 0 Å². The van der Waals surface area contributed by atoms with Gasteiger partial charge >= 0.3 is 11.9 Å². The summed E-state index contributed by atoms with van der Waals surface area (Å²) in [5.74, 6) is -4.45. The number of ketones is 2. The van der Waals surface area contributed by atoms with E-state index in [0.717, 1.165) is 16.7 Å². The Labute approximate surface area is 300 Å². The maximum absolute atomic E-state index is 17.8. The molecule has 7 rings (SSSR count). The summed E-state index contributed by atoms with van der Waals surface area (Å²) in [5.41, 5.74) is 3.55. The third-order valence-electron chi connectivity index (χ3n) is 12.7. The highest BCUT2D eigenvalue weighted by Crippen LogP contribution is 2.72. The van der Waals surface area contributed by atoms with Gasteiger partial charge in [0.1, 0.15) is 6.04 Å². The van der Waals surface area contributed by atoms with Crippen LogP contribution in [0.4, 0.5) is 4.39 Å². The van der Waals surface area contributed by atoms with E-state index in [0.29, 0.717) is 30.4 Å². The van der Waals surface area contributed by atoms with E-state index in [1.165, 1.54) is 12.2 Å². The van der Waals surface area contributed by atoms with Crippen molar-refractivity contribution in [2.45, 2.75) is 94.8 Å². The van der Waals surface area contributed by atoms with Crippen molar-refractivity contribution in [2.75, 3.05) is 6.61 Å². The molecule has 10 atom stereocenters. The van der Waals surface area contributed by atoms with Gasteiger partial charge in [-0.2, -0.15) is 0 Å². The number of alkyl halides is 1. The lowest BCUT2D eigenvalue weighted by molar-refractivity contribution is -0.231. The molecule has 1 saturated heterocycles. The minimum absolute atomic E-state index is 0.0345. The molecule has 1 heterocycles. The van der Waals surface area contributed by atoms with Gasteiger partial charge in [0.05, 0.1) is 25.2 Å². The second-order valence-electron chi connectivity index (χ2n) is 15.4. The highest BCUT2D eigenvalue weighted by molar-refractivity contribution is 6.01. The zero-order valence-electron chi connectivity index (χ0n) is 29.1. The Bertz CT molecular complexity index is 1840. The van der Waals surface area contributed by atoms with E-state index < -0.39 is 89.2 Å². The Morgan fingerprint density at radius 1 is 1.04 bits per heavy atom. The fraction of sp³-hybridized carbons (Fsp3) is 0.500. The van der Waals surface area contributed by atoms with E-state index >= 15 is 4.39 Å². The van der Waals surface area contributed by atoms with Crippen molar-refractivity contribution < 1.29 is 53.1 Å². The Morgan fingerprint density at radius 2 is 1.69 bits per heavy atom. The molecule has 276 valence electrons. The lowest BCUT2D eigenvalue weighted by Gasteiger charge is -2.62. The van der Waals surface area contributed by atoms with Gasteiger partial charge in [-0.3, -0.25) is 19.2 Å². The number of Topliss-reactive ketones (excluding diaryl/α,β-unsaturated/α-hetero) is 1. The number of carbonyl (C=O) groups is 4. The quantitative estimate of drug-likeness (QED) is 0.262. The number of fused-ring (bicyclic) bond motifs is 7. The minimum Gasteiger partial charge on any atom is -0.481 e. The zero-order valence-corrected chi connectivity index (χ0v) is 29.1. The molecule has 3 saturated carbocycles. The molecule has 0 radical (unpaired) electrons. The zero-order chi connectivity index (χ0) is 37.2. The van der Waals surface area contributed by atoms with Gasteiger partial charge in [-0.25, -0.2) is 4.39 Å². The molecule has 12 heteroatoms. The van der Waals surface area contributed by atoms with Crippen LogP contribution in [0.1, 0.15) is 74.5 Å². The number of hydrogen-bond acceptors (Lipinski definition) is 10. The first-order valence-corrected chi connectivity index (χ1v) is 17.8. The van der Waals surface area contributed by atoms with Crippen LogP contribution in [0.3, 0.4) is 0 Å². The number of ether oxygens (including phenoxy) is 3. The summed E-state index contributed by atoms with van der Waals surface area (Å²) in [7, 11) is 0. The molecule has 11 nitrogen and oxygen atoms in total. The number of aliphatic hydroxyl groups is 2. The molecule has 2 aromatic carbocycles. The Morgan fingerprint density at radius 3 is 2.35 bits per heavy atom. The summed E-state index contributed by atoms with van der Waals surface area (Å²) in [6.45, 7) is 2.70. The molecule has 0 spiro atoms. The standard InChI is InChI=1S/C40H44FNO10/c1-37-14-13-27(44)16-26(37)11-12-28-29-17-33-40(38(29,2)19-31(45)39(28,37)41,32(46)21-50-35(49)30(42)18-34(47)48)52-36(51-33)25-9-7-23(8-10-25)15-22-3-5-24(20-43)6-4-22/h3-10,13-14,16,28-31,33,36,43,45H,11-12,15,17-21,42H2,1-2H3,(H,47,48)/t28-,29-,30-,31-,33+,36+,37-,38-,39-,40+/m0/s1. The average molecular weight is 718 g/mol. The van der Waals surface area contributed by atoms with Crippen LogP contribution in [0.5, 0.6) is 0 Å². The van der Waals surface area contributed by atoms with Gasteiger partial charge in [-0.15, -0.1) is 0 Å². The van der Waals surface area contributed by atoms with Crippen LogP contribution in [0.25, 0.3) is 0 Å². The first-order valence-electron chi connectivity index (χ1n) is 17.8. The molecule has 2 aromatic rings. The average Bonchev–Trinajstić information content (AvgIpc) is 3.61. The summed E-state index contributed by atoms with van der Waals surface area (Å²) in [4.78, 5) is 50.6. The maximum Gasteiger partial charge on any atom is 0.323 e. The summed E-state index contributed by atoms with van der Waals surface area (Å²) in [6, 6.07) is 13.7. The first-order chi connectivity index (χ1) is 24.7. The second kappa shape index (κ2) is 13.1. The van der Waals surface area contributed by atoms with Crippen LogP contribution in [-0.2, 0) is 46.4 Å². The smallest absolute Gasteiger partial charge is 0.323 e. The molecule has 4 fully saturated rings. The largest absolute Gasteiger partial charge is 0.481 e. The lowest BCUT2D eigenvalue weighted by Crippen LogP contribution is -2.69. The maximum atomic E-state index is 17.8. The number of aliphatic hydroxyl groups excluding tert-OH is 2. The molecule has 4 aliphatic carbocycles. The number of esters is 1. The number of aliphatic carboxylic acids is 1. The fourth-order valence-electron chi connectivity index (χ4n) is 10.0. The van der Waals surface area contributed by atoms with Gasteiger partial charge < -0.3 is 35.3 Å². The van der Waals surface area contributed by atoms with Crippen molar-refractivity contribution in [3.8, 4) is 0 Å². The van der Waals surface area contributed by atoms with Gasteiger partial charge in [0, 0.05) is 22.3 Å². The number of allylic oxidation sites excluding steroid dienone is 4. The highest BCUT2D eigenvalue weighted by atomic mass is 19.1. The van der Waals surface area contributed by atoms with Gasteiger partial charge in [-0.1, -0.05) is 67.1 Å². The number of nitrogens with two attached hydrogens (primary N) is 1. The lowest BCUT2D eigenvalue weighted by atomic mass is 9.44. The molecule has 5 aliphatic rings. The molecule has 0 unspecified atom stereocenters. The molecule has 0 bridgehead atoms. The van der Waals surface area contributed by atoms with E-state index in [1.54, 1.807) is 19.9 Å². The summed E-state index contributed by atoms with van der Waals surface area (Å²) >= 11 is 0. The van der Waals surface area contributed by atoms with E-state index in [1.807, 2.05) is 48.5 Å². The van der Waals surface area contributed by atoms with E-state index in [4.69, 9.17) is 25.1 Å². The number of carboxylic acid groups (broad SMARTS) is 1. The van der Waals surface area contributed by atoms with Gasteiger partial charge in [0.15, 0.2) is 29.9 Å². The number of hydrogen-bond donors (Lipinski definition) is 4. The summed E-state index contributed by atoms with van der Waals surface area (Å²) in [6.07, 6.45) is 1.72. The number of carboxylic acids is 1. The highest BCUT2D eigenvalue weighted by Gasteiger charge is 2.79. The fourth-order valence-corrected chi connectivity index (χ4v) is 10.0. The number of halogens is 1. The minimum atomic E-state index is -2.15. The topological polar surface area (TPSA) is 183 Å². The van der Waals surface area contributed by atoms with Crippen LogP contribution in [0.15, 0.2) is 72.3 Å². The molecular weight excluding hydrogens is 673 g/mol. The second-order valence-corrected chi connectivity index (χ2v) is 15.4. The summed E-state index contributed by atoms with van der Waals surface area (Å²) < 4.78 is 36.4. The van der Waals surface area contributed by atoms with Crippen molar-refractivity contribution in [2.24, 2.45) is 28.4 Å². The van der Waals surface area contributed by atoms with Gasteiger partial charge in [0.2, 0.25) is 5.78 Å². The van der Waals surface area contributed by atoms with Crippen LogP contribution < -0.4 is 5.73 Å². The van der Waals surface area contributed by atoms with E-state index in [9.17, 15) is 29.4 Å². The van der Waals surface area contributed by atoms with E-state index in [2.05, 4.69) is 0 Å². The Balaban J connectivity index is 1.19. The van der Waals surface area contributed by atoms with Crippen LogP contribution in [-0.4, -0.2) is 75.0 Å². The van der Waals surface area contributed by atoms with Crippen molar-refractivity contribution in [3.05, 3.63) is 94.6 Å². The van der Waals surface area contributed by atoms with E-state index in [-0.39, 0.29) is 25.2 Å². The molecule has 0 aromatic heterocycles. The first kappa shape index (κ1) is 36.3. The van der Waals surface area contributed by atoms with Gasteiger partial charge in [0.25, 0.3) is 0 Å². The SMILES string of the molecule is C[C@]12C=CC(=O)C=C1CC[C@H]1[C@@H]3C[C@H]4O[C@@H](c5ccc(Cc6ccc(CO)cc6)cc5)O[C@@]4(C(=O)COC(=O)[C@@H](N)CC(=O)O)[C@@]3(C)C[C@H](O)[C@@]12F. The molecule has 0 amide bonds. The molecule has 5 N–H and O–H groups in total. The predicted octanol–water partition coefficient (Wildman–Crippen LogP) is 3.82. The monoisotopic (exact) mass is 717 g/mol.